The Labute approximate surface area is 130 Å². The van der Waals surface area contributed by atoms with Crippen LogP contribution in [0.15, 0.2) is 24.3 Å². The highest BCUT2D eigenvalue weighted by atomic mass is 16.4. The molecule has 2 N–H and O–H groups in total. The summed E-state index contributed by atoms with van der Waals surface area (Å²) in [5.74, 6) is 0.387. The molecule has 2 saturated carbocycles. The van der Waals surface area contributed by atoms with Crippen molar-refractivity contribution >= 4 is 17.6 Å². The Morgan fingerprint density at radius 2 is 1.68 bits per heavy atom. The molecule has 1 unspecified atom stereocenters. The number of carboxylic acids is 1. The molecule has 1 atom stereocenters. The van der Waals surface area contributed by atoms with E-state index in [4.69, 9.17) is 5.11 Å². The number of amides is 1. The lowest BCUT2D eigenvalue weighted by Crippen LogP contribution is -2.26. The highest BCUT2D eigenvalue weighted by Gasteiger charge is 2.45. The number of benzene rings is 1. The maximum Gasteiger partial charge on any atom is 0.306 e. The van der Waals surface area contributed by atoms with Crippen molar-refractivity contribution in [3.8, 4) is 0 Å². The summed E-state index contributed by atoms with van der Waals surface area (Å²) in [4.78, 5) is 23.3. The maximum absolute atomic E-state index is 12.4. The third-order valence-corrected chi connectivity index (χ3v) is 4.75. The number of carbonyl (C=O) groups excluding carboxylic acids is 1. The molecule has 118 valence electrons. The summed E-state index contributed by atoms with van der Waals surface area (Å²) in [7, 11) is 0. The molecule has 0 aliphatic heterocycles. The second kappa shape index (κ2) is 6.11. The number of hydrogen-bond acceptors (Lipinski definition) is 2. The van der Waals surface area contributed by atoms with Crippen molar-refractivity contribution in [3.63, 3.8) is 0 Å². The molecule has 0 heterocycles. The van der Waals surface area contributed by atoms with Gasteiger partial charge in [0.2, 0.25) is 5.91 Å². The second-order valence-electron chi connectivity index (χ2n) is 6.83. The Bertz CT molecular complexity index is 546. The standard InChI is InChI=1S/C18H23NO3/c1-11(18(21)22)10-12-2-8-15(9-3-12)19-17(20)16(13-4-5-13)14-6-7-14/h2-3,8-9,11,13-14,16H,4-7,10H2,1H3,(H,19,20)(H,21,22). The Morgan fingerprint density at radius 3 is 2.14 bits per heavy atom. The lowest BCUT2D eigenvalue weighted by molar-refractivity contribution is -0.141. The van der Waals surface area contributed by atoms with Crippen LogP contribution in [0.25, 0.3) is 0 Å². The van der Waals surface area contributed by atoms with Crippen molar-refractivity contribution in [1.82, 2.24) is 0 Å². The number of carbonyl (C=O) groups is 2. The van der Waals surface area contributed by atoms with Crippen LogP contribution in [0.5, 0.6) is 0 Å². The molecule has 4 heteroatoms. The zero-order valence-corrected chi connectivity index (χ0v) is 12.9. The summed E-state index contributed by atoms with van der Waals surface area (Å²) in [6, 6.07) is 7.55. The van der Waals surface area contributed by atoms with E-state index in [2.05, 4.69) is 5.32 Å². The van der Waals surface area contributed by atoms with Crippen molar-refractivity contribution in [1.29, 1.82) is 0 Å². The first-order chi connectivity index (χ1) is 10.5. The van der Waals surface area contributed by atoms with Crippen molar-refractivity contribution in [3.05, 3.63) is 29.8 Å². The van der Waals surface area contributed by atoms with Crippen LogP contribution < -0.4 is 5.32 Å². The van der Waals surface area contributed by atoms with Crippen molar-refractivity contribution < 1.29 is 14.7 Å². The number of hydrogen-bond donors (Lipinski definition) is 2. The minimum Gasteiger partial charge on any atom is -0.481 e. The number of aliphatic carboxylic acids is 1. The van der Waals surface area contributed by atoms with Gasteiger partial charge in [-0.2, -0.15) is 0 Å². The monoisotopic (exact) mass is 301 g/mol. The summed E-state index contributed by atoms with van der Waals surface area (Å²) < 4.78 is 0. The second-order valence-corrected chi connectivity index (χ2v) is 6.83. The Balaban J connectivity index is 1.58. The number of carboxylic acid groups (broad SMARTS) is 1. The number of nitrogens with one attached hydrogen (secondary N) is 1. The molecule has 2 aliphatic rings. The molecule has 1 amide bonds. The quantitative estimate of drug-likeness (QED) is 0.812. The van der Waals surface area contributed by atoms with Gasteiger partial charge in [0.05, 0.1) is 5.92 Å². The third-order valence-electron chi connectivity index (χ3n) is 4.75. The smallest absolute Gasteiger partial charge is 0.306 e. The van der Waals surface area contributed by atoms with E-state index in [0.717, 1.165) is 11.3 Å². The summed E-state index contributed by atoms with van der Waals surface area (Å²) in [5, 5.41) is 12.0. The Morgan fingerprint density at radius 1 is 1.14 bits per heavy atom. The Kier molecular flexibility index (Phi) is 4.19. The minimum absolute atomic E-state index is 0.164. The largest absolute Gasteiger partial charge is 0.481 e. The van der Waals surface area contributed by atoms with Gasteiger partial charge < -0.3 is 10.4 Å². The van der Waals surface area contributed by atoms with Crippen LogP contribution in [0.3, 0.4) is 0 Å². The van der Waals surface area contributed by atoms with E-state index in [0.29, 0.717) is 18.3 Å². The van der Waals surface area contributed by atoms with Gasteiger partial charge in [0.15, 0.2) is 0 Å². The van der Waals surface area contributed by atoms with Gasteiger partial charge in [-0.25, -0.2) is 0 Å². The molecule has 0 spiro atoms. The van der Waals surface area contributed by atoms with Crippen LogP contribution in [0.1, 0.15) is 38.2 Å². The van der Waals surface area contributed by atoms with E-state index in [1.807, 2.05) is 24.3 Å². The zero-order valence-electron chi connectivity index (χ0n) is 12.9. The highest BCUT2D eigenvalue weighted by Crippen LogP contribution is 2.49. The molecule has 1 aromatic carbocycles. The van der Waals surface area contributed by atoms with Crippen molar-refractivity contribution in [2.24, 2.45) is 23.7 Å². The van der Waals surface area contributed by atoms with Crippen LogP contribution >= 0.6 is 0 Å². The van der Waals surface area contributed by atoms with Crippen LogP contribution in [0.4, 0.5) is 5.69 Å². The molecule has 0 radical (unpaired) electrons. The van der Waals surface area contributed by atoms with Gasteiger partial charge in [0.25, 0.3) is 0 Å². The van der Waals surface area contributed by atoms with E-state index in [1.54, 1.807) is 6.92 Å². The minimum atomic E-state index is -0.783. The summed E-state index contributed by atoms with van der Waals surface area (Å²) in [6.07, 6.45) is 5.29. The van der Waals surface area contributed by atoms with Crippen molar-refractivity contribution in [2.75, 3.05) is 5.32 Å². The molecule has 2 aliphatic carbocycles. The van der Waals surface area contributed by atoms with Crippen LogP contribution in [-0.4, -0.2) is 17.0 Å². The van der Waals surface area contributed by atoms with Gasteiger partial charge in [-0.1, -0.05) is 19.1 Å². The van der Waals surface area contributed by atoms with E-state index >= 15 is 0 Å². The van der Waals surface area contributed by atoms with E-state index in [9.17, 15) is 9.59 Å². The summed E-state index contributed by atoms with van der Waals surface area (Å²) in [5.41, 5.74) is 1.79. The lowest BCUT2D eigenvalue weighted by Gasteiger charge is -2.15. The fourth-order valence-corrected chi connectivity index (χ4v) is 3.11. The topological polar surface area (TPSA) is 66.4 Å². The van der Waals surface area contributed by atoms with E-state index in [1.165, 1.54) is 25.7 Å². The highest BCUT2D eigenvalue weighted by molar-refractivity contribution is 5.93. The van der Waals surface area contributed by atoms with E-state index in [-0.39, 0.29) is 11.8 Å². The van der Waals surface area contributed by atoms with Crippen LogP contribution in [0.2, 0.25) is 0 Å². The fraction of sp³-hybridized carbons (Fsp3) is 0.556. The van der Waals surface area contributed by atoms with Crippen molar-refractivity contribution in [2.45, 2.75) is 39.0 Å². The van der Waals surface area contributed by atoms with Crippen LogP contribution in [-0.2, 0) is 16.0 Å². The van der Waals surface area contributed by atoms with Gasteiger partial charge in [0.1, 0.15) is 0 Å². The maximum atomic E-state index is 12.4. The molecule has 3 rings (SSSR count). The molecule has 0 bridgehead atoms. The molecule has 22 heavy (non-hydrogen) atoms. The molecular weight excluding hydrogens is 278 g/mol. The fourth-order valence-electron chi connectivity index (χ4n) is 3.11. The summed E-state index contributed by atoms with van der Waals surface area (Å²) in [6.45, 7) is 1.70. The SMILES string of the molecule is CC(Cc1ccc(NC(=O)C(C2CC2)C2CC2)cc1)C(=O)O. The average Bonchev–Trinajstić information content (AvgIpc) is 3.35. The third kappa shape index (κ3) is 3.67. The Hall–Kier alpha value is -1.84. The molecule has 0 aromatic heterocycles. The molecular formula is C18H23NO3. The zero-order chi connectivity index (χ0) is 15.7. The molecule has 1 aromatic rings. The predicted octanol–water partition coefficient (Wildman–Crippen LogP) is 3.32. The van der Waals surface area contributed by atoms with Gasteiger partial charge >= 0.3 is 5.97 Å². The normalized spacial score (nSPS) is 19.0. The first-order valence-electron chi connectivity index (χ1n) is 8.17. The number of anilines is 1. The molecule has 4 nitrogen and oxygen atoms in total. The van der Waals surface area contributed by atoms with Gasteiger partial charge in [-0.05, 0) is 61.6 Å². The van der Waals surface area contributed by atoms with E-state index < -0.39 is 11.9 Å². The van der Waals surface area contributed by atoms with Gasteiger partial charge in [-0.3, -0.25) is 9.59 Å². The lowest BCUT2D eigenvalue weighted by atomic mass is 9.96. The summed E-state index contributed by atoms with van der Waals surface area (Å²) >= 11 is 0. The first-order valence-corrected chi connectivity index (χ1v) is 8.17. The van der Waals surface area contributed by atoms with Gasteiger partial charge in [0, 0.05) is 11.6 Å². The first kappa shape index (κ1) is 15.1. The average molecular weight is 301 g/mol. The predicted molar refractivity (Wildman–Crippen MR) is 84.5 cm³/mol. The van der Waals surface area contributed by atoms with Gasteiger partial charge in [-0.15, -0.1) is 0 Å². The van der Waals surface area contributed by atoms with Crippen LogP contribution in [0, 0.1) is 23.7 Å². The molecule has 2 fully saturated rings. The molecule has 0 saturated heterocycles. The number of rotatable bonds is 7.